The minimum absolute atomic E-state index is 0.272. The summed E-state index contributed by atoms with van der Waals surface area (Å²) >= 11 is 5.92. The van der Waals surface area contributed by atoms with Crippen molar-refractivity contribution >= 4 is 23.7 Å². The van der Waals surface area contributed by atoms with Gasteiger partial charge in [-0.3, -0.25) is 9.48 Å². The first-order valence-electron chi connectivity index (χ1n) is 10.6. The van der Waals surface area contributed by atoms with Crippen LogP contribution in [0.1, 0.15) is 27.2 Å². The maximum atomic E-state index is 12.4. The van der Waals surface area contributed by atoms with Crippen LogP contribution in [0.4, 0.5) is 0 Å². The van der Waals surface area contributed by atoms with Gasteiger partial charge in [0, 0.05) is 16.8 Å². The molecule has 4 aromatic rings. The van der Waals surface area contributed by atoms with Crippen molar-refractivity contribution in [1.82, 2.24) is 15.2 Å². The predicted molar refractivity (Wildman–Crippen MR) is 132 cm³/mol. The number of halogens is 1. The SMILES string of the molecule is COc1cccc(COc2ccccc2C=NNC(=O)c2ccn(Cc3ccc(Cl)cc3)n2)c1. The number of carbonyl (C=O) groups excluding carboxylic acids is 1. The number of nitrogens with zero attached hydrogens (tertiary/aromatic N) is 3. The Balaban J connectivity index is 1.34. The number of aromatic nitrogens is 2. The Kier molecular flexibility index (Phi) is 7.57. The quantitative estimate of drug-likeness (QED) is 0.275. The summed E-state index contributed by atoms with van der Waals surface area (Å²) in [5, 5.41) is 9.06. The van der Waals surface area contributed by atoms with Crippen molar-refractivity contribution in [2.24, 2.45) is 5.10 Å². The molecule has 1 heterocycles. The number of para-hydroxylation sites is 1. The molecule has 0 saturated heterocycles. The highest BCUT2D eigenvalue weighted by Gasteiger charge is 2.09. The van der Waals surface area contributed by atoms with Crippen molar-refractivity contribution in [3.63, 3.8) is 0 Å². The van der Waals surface area contributed by atoms with Crippen LogP contribution in [0.5, 0.6) is 11.5 Å². The van der Waals surface area contributed by atoms with Crippen LogP contribution in [0.15, 0.2) is 90.2 Å². The lowest BCUT2D eigenvalue weighted by Crippen LogP contribution is -2.18. The fraction of sp³-hybridized carbons (Fsp3) is 0.115. The fourth-order valence-electron chi connectivity index (χ4n) is 3.21. The molecule has 1 N–H and O–H groups in total. The second-order valence-corrected chi connectivity index (χ2v) is 7.84. The summed E-state index contributed by atoms with van der Waals surface area (Å²) in [5.74, 6) is 1.02. The molecule has 0 fully saturated rings. The van der Waals surface area contributed by atoms with Crippen LogP contribution in [-0.2, 0) is 13.2 Å². The lowest BCUT2D eigenvalue weighted by atomic mass is 10.2. The highest BCUT2D eigenvalue weighted by molar-refractivity contribution is 6.30. The molecule has 0 aliphatic carbocycles. The number of methoxy groups -OCH3 is 1. The molecule has 0 aliphatic rings. The summed E-state index contributed by atoms with van der Waals surface area (Å²) in [6, 6.07) is 24.3. The van der Waals surface area contributed by atoms with Gasteiger partial charge in [0.25, 0.3) is 5.91 Å². The Bertz CT molecular complexity index is 1290. The molecule has 1 aromatic heterocycles. The molecule has 34 heavy (non-hydrogen) atoms. The number of carbonyl (C=O) groups is 1. The van der Waals surface area contributed by atoms with Gasteiger partial charge in [-0.2, -0.15) is 10.2 Å². The first-order valence-corrected chi connectivity index (χ1v) is 10.9. The van der Waals surface area contributed by atoms with E-state index in [4.69, 9.17) is 21.1 Å². The summed E-state index contributed by atoms with van der Waals surface area (Å²) in [5.41, 5.74) is 5.53. The molecular formula is C26H23ClN4O3. The first kappa shape index (κ1) is 23.1. The molecule has 0 radical (unpaired) electrons. The largest absolute Gasteiger partial charge is 0.497 e. The van der Waals surface area contributed by atoms with Gasteiger partial charge in [-0.25, -0.2) is 5.43 Å². The van der Waals surface area contributed by atoms with Gasteiger partial charge in [0.15, 0.2) is 5.69 Å². The number of ether oxygens (including phenoxy) is 2. The van der Waals surface area contributed by atoms with Crippen LogP contribution < -0.4 is 14.9 Å². The van der Waals surface area contributed by atoms with Gasteiger partial charge in [0.05, 0.1) is 19.9 Å². The van der Waals surface area contributed by atoms with Crippen molar-refractivity contribution in [2.45, 2.75) is 13.2 Å². The normalized spacial score (nSPS) is 10.9. The number of hydrogen-bond acceptors (Lipinski definition) is 5. The first-order chi connectivity index (χ1) is 16.6. The van der Waals surface area contributed by atoms with Gasteiger partial charge in [0.2, 0.25) is 0 Å². The predicted octanol–water partition coefficient (Wildman–Crippen LogP) is 4.94. The van der Waals surface area contributed by atoms with Crippen LogP contribution in [0.3, 0.4) is 0 Å². The Morgan fingerprint density at radius 2 is 1.88 bits per heavy atom. The van der Waals surface area contributed by atoms with Crippen molar-refractivity contribution in [2.75, 3.05) is 7.11 Å². The molecule has 0 atom stereocenters. The molecule has 3 aromatic carbocycles. The lowest BCUT2D eigenvalue weighted by molar-refractivity contribution is 0.0949. The zero-order valence-electron chi connectivity index (χ0n) is 18.5. The van der Waals surface area contributed by atoms with E-state index < -0.39 is 5.91 Å². The molecule has 8 heteroatoms. The monoisotopic (exact) mass is 474 g/mol. The number of hydrogen-bond donors (Lipinski definition) is 1. The lowest BCUT2D eigenvalue weighted by Gasteiger charge is -2.10. The zero-order valence-corrected chi connectivity index (χ0v) is 19.3. The van der Waals surface area contributed by atoms with Crippen molar-refractivity contribution in [3.8, 4) is 11.5 Å². The molecule has 0 saturated carbocycles. The minimum atomic E-state index is -0.402. The van der Waals surface area contributed by atoms with Crippen molar-refractivity contribution in [3.05, 3.63) is 112 Å². The molecule has 0 spiro atoms. The number of amides is 1. The minimum Gasteiger partial charge on any atom is -0.497 e. The van der Waals surface area contributed by atoms with E-state index in [2.05, 4.69) is 15.6 Å². The maximum Gasteiger partial charge on any atom is 0.291 e. The fourth-order valence-corrected chi connectivity index (χ4v) is 3.33. The van der Waals surface area contributed by atoms with Crippen LogP contribution >= 0.6 is 11.6 Å². The third-order valence-corrected chi connectivity index (χ3v) is 5.20. The maximum absolute atomic E-state index is 12.4. The molecule has 1 amide bonds. The Hall–Kier alpha value is -4.10. The number of rotatable bonds is 9. The second-order valence-electron chi connectivity index (χ2n) is 7.40. The number of nitrogens with one attached hydrogen (secondary N) is 1. The van der Waals surface area contributed by atoms with Gasteiger partial charge in [-0.05, 0) is 53.6 Å². The summed E-state index contributed by atoms with van der Waals surface area (Å²) in [4.78, 5) is 12.4. The van der Waals surface area contributed by atoms with Crippen molar-refractivity contribution < 1.29 is 14.3 Å². The van der Waals surface area contributed by atoms with Crippen LogP contribution in [0, 0.1) is 0 Å². The van der Waals surface area contributed by atoms with Gasteiger partial charge in [0.1, 0.15) is 18.1 Å². The standard InChI is InChI=1S/C26H23ClN4O3/c1-33-23-7-4-5-20(15-23)18-34-25-8-3-2-6-21(25)16-28-29-26(32)24-13-14-31(30-24)17-19-9-11-22(27)12-10-19/h2-16H,17-18H2,1H3,(H,29,32). The van der Waals surface area contributed by atoms with Crippen LogP contribution in [0.25, 0.3) is 0 Å². The van der Waals surface area contributed by atoms with E-state index in [1.165, 1.54) is 0 Å². The van der Waals surface area contributed by atoms with E-state index in [9.17, 15) is 4.79 Å². The van der Waals surface area contributed by atoms with Crippen LogP contribution in [-0.4, -0.2) is 29.0 Å². The highest BCUT2D eigenvalue weighted by Crippen LogP contribution is 2.19. The van der Waals surface area contributed by atoms with Crippen molar-refractivity contribution in [1.29, 1.82) is 0 Å². The third-order valence-electron chi connectivity index (χ3n) is 4.95. The topological polar surface area (TPSA) is 77.7 Å². The molecule has 0 bridgehead atoms. The molecule has 7 nitrogen and oxygen atoms in total. The van der Waals surface area contributed by atoms with Crippen LogP contribution in [0.2, 0.25) is 5.02 Å². The Labute approximate surface area is 202 Å². The summed E-state index contributed by atoms with van der Waals surface area (Å²) < 4.78 is 12.9. The van der Waals surface area contributed by atoms with Gasteiger partial charge < -0.3 is 9.47 Å². The Morgan fingerprint density at radius 3 is 2.71 bits per heavy atom. The number of hydrazone groups is 1. The second kappa shape index (κ2) is 11.2. The average molecular weight is 475 g/mol. The molecule has 4 rings (SSSR count). The number of benzene rings is 3. The van der Waals surface area contributed by atoms with E-state index in [1.54, 1.807) is 30.3 Å². The summed E-state index contributed by atoms with van der Waals surface area (Å²) in [6.07, 6.45) is 3.29. The van der Waals surface area contributed by atoms with Gasteiger partial charge in [-0.1, -0.05) is 48.0 Å². The smallest absolute Gasteiger partial charge is 0.291 e. The molecule has 0 unspecified atom stereocenters. The van der Waals surface area contributed by atoms with Gasteiger partial charge >= 0.3 is 0 Å². The molecule has 0 aliphatic heterocycles. The zero-order chi connectivity index (χ0) is 23.8. The summed E-state index contributed by atoms with van der Waals surface area (Å²) in [6.45, 7) is 0.908. The van der Waals surface area contributed by atoms with E-state index >= 15 is 0 Å². The molecule has 172 valence electrons. The Morgan fingerprint density at radius 1 is 1.06 bits per heavy atom. The van der Waals surface area contributed by atoms with E-state index in [-0.39, 0.29) is 5.69 Å². The third kappa shape index (κ3) is 6.24. The highest BCUT2D eigenvalue weighted by atomic mass is 35.5. The molecular weight excluding hydrogens is 452 g/mol. The summed E-state index contributed by atoms with van der Waals surface area (Å²) in [7, 11) is 1.63. The van der Waals surface area contributed by atoms with E-state index in [1.807, 2.05) is 72.8 Å². The van der Waals surface area contributed by atoms with Gasteiger partial charge in [-0.15, -0.1) is 0 Å². The van der Waals surface area contributed by atoms with E-state index in [0.717, 1.165) is 22.4 Å². The average Bonchev–Trinajstić information content (AvgIpc) is 3.33. The van der Waals surface area contributed by atoms with E-state index in [0.29, 0.717) is 23.9 Å².